The first-order valence-electron chi connectivity index (χ1n) is 12.7. The van der Waals surface area contributed by atoms with Crippen LogP contribution in [-0.2, 0) is 22.4 Å². The number of methoxy groups -OCH3 is 1. The molecule has 2 unspecified atom stereocenters. The number of aromatic nitrogens is 5. The van der Waals surface area contributed by atoms with Crippen LogP contribution in [0.15, 0.2) is 24.7 Å². The molecule has 5 heterocycles. The van der Waals surface area contributed by atoms with Crippen LogP contribution in [0, 0.1) is 11.7 Å². The third-order valence-corrected chi connectivity index (χ3v) is 7.27. The molecule has 0 aliphatic carbocycles. The smallest absolute Gasteiger partial charge is 0.250 e. The summed E-state index contributed by atoms with van der Waals surface area (Å²) in [5, 5.41) is 9.66. The molecular weight excluding hydrogens is 463 g/mol. The average Bonchev–Trinajstić information content (AvgIpc) is 3.55. The van der Waals surface area contributed by atoms with Crippen molar-refractivity contribution in [3.63, 3.8) is 0 Å². The largest absolute Gasteiger partial charge is 0.479 e. The Hall–Kier alpha value is -3.27. The number of rotatable bonds is 8. The van der Waals surface area contributed by atoms with Crippen molar-refractivity contribution >= 4 is 5.91 Å². The highest BCUT2D eigenvalue weighted by atomic mass is 19.1. The van der Waals surface area contributed by atoms with Crippen LogP contribution >= 0.6 is 0 Å². The second kappa shape index (κ2) is 10.4. The molecule has 0 aromatic carbocycles. The third kappa shape index (κ3) is 4.50. The van der Waals surface area contributed by atoms with Crippen molar-refractivity contribution in [2.45, 2.75) is 52.0 Å². The molecule has 0 N–H and O–H groups in total. The van der Waals surface area contributed by atoms with Crippen molar-refractivity contribution in [2.24, 2.45) is 5.92 Å². The lowest BCUT2D eigenvalue weighted by Crippen LogP contribution is -2.26. The predicted molar refractivity (Wildman–Crippen MR) is 132 cm³/mol. The lowest BCUT2D eigenvalue weighted by Gasteiger charge is -2.23. The zero-order chi connectivity index (χ0) is 25.2. The van der Waals surface area contributed by atoms with Crippen LogP contribution in [0.3, 0.4) is 0 Å². The maximum absolute atomic E-state index is 14.5. The third-order valence-electron chi connectivity index (χ3n) is 7.27. The molecule has 1 fully saturated rings. The van der Waals surface area contributed by atoms with E-state index in [0.29, 0.717) is 38.2 Å². The second-order valence-electron chi connectivity index (χ2n) is 9.44. The minimum absolute atomic E-state index is 0.0455. The molecule has 0 radical (unpaired) electrons. The van der Waals surface area contributed by atoms with Gasteiger partial charge in [0.1, 0.15) is 0 Å². The highest BCUT2D eigenvalue weighted by Crippen LogP contribution is 2.35. The van der Waals surface area contributed by atoms with E-state index in [1.807, 2.05) is 28.9 Å². The zero-order valence-electron chi connectivity index (χ0n) is 21.1. The van der Waals surface area contributed by atoms with Crippen LogP contribution in [0.2, 0.25) is 0 Å². The van der Waals surface area contributed by atoms with Gasteiger partial charge in [0, 0.05) is 55.2 Å². The van der Waals surface area contributed by atoms with Gasteiger partial charge in [-0.15, -0.1) is 0 Å². The number of nitrogens with zero attached hydrogens (tertiary/aromatic N) is 6. The fraction of sp³-hybridized carbons (Fsp3) is 0.538. The minimum Gasteiger partial charge on any atom is -0.479 e. The van der Waals surface area contributed by atoms with Crippen molar-refractivity contribution in [1.29, 1.82) is 0 Å². The van der Waals surface area contributed by atoms with Gasteiger partial charge >= 0.3 is 0 Å². The fourth-order valence-electron chi connectivity index (χ4n) is 5.46. The number of ether oxygens (including phenoxy) is 2. The molecule has 3 aromatic heterocycles. The molecule has 3 aromatic rings. The van der Waals surface area contributed by atoms with Crippen LogP contribution in [0.1, 0.15) is 50.4 Å². The van der Waals surface area contributed by atoms with E-state index in [-0.39, 0.29) is 23.7 Å². The number of hydrogen-bond acceptors (Lipinski definition) is 6. The van der Waals surface area contributed by atoms with E-state index in [9.17, 15) is 9.18 Å². The zero-order valence-corrected chi connectivity index (χ0v) is 21.1. The normalized spacial score (nSPS) is 18.8. The predicted octanol–water partition coefficient (Wildman–Crippen LogP) is 3.60. The summed E-state index contributed by atoms with van der Waals surface area (Å²) in [5.41, 5.74) is 4.35. The average molecular weight is 497 g/mol. The number of amides is 1. The fourth-order valence-corrected chi connectivity index (χ4v) is 5.46. The Labute approximate surface area is 210 Å². The first-order valence-corrected chi connectivity index (χ1v) is 12.7. The number of likely N-dealkylation sites (tertiary alicyclic amines) is 1. The molecule has 0 bridgehead atoms. The Morgan fingerprint density at radius 1 is 1.25 bits per heavy atom. The Morgan fingerprint density at radius 3 is 2.81 bits per heavy atom. The SMILES string of the molecule is CCCC(C1CC(=O)N(CC)C1)n1cc(-c2nn(-c3cnc(OC)c(F)c3)c3c2CCOCC3)cn1. The summed E-state index contributed by atoms with van der Waals surface area (Å²) in [5.74, 6) is -0.120. The van der Waals surface area contributed by atoms with Crippen LogP contribution < -0.4 is 4.74 Å². The van der Waals surface area contributed by atoms with Crippen molar-refractivity contribution in [2.75, 3.05) is 33.4 Å². The van der Waals surface area contributed by atoms with Crippen molar-refractivity contribution in [3.05, 3.63) is 41.7 Å². The number of halogens is 1. The molecule has 2 atom stereocenters. The number of hydrogen-bond donors (Lipinski definition) is 0. The summed E-state index contributed by atoms with van der Waals surface area (Å²) in [4.78, 5) is 18.4. The molecule has 36 heavy (non-hydrogen) atoms. The molecule has 1 amide bonds. The van der Waals surface area contributed by atoms with Crippen LogP contribution in [0.5, 0.6) is 5.88 Å². The number of carbonyl (C=O) groups is 1. The first-order chi connectivity index (χ1) is 17.5. The summed E-state index contributed by atoms with van der Waals surface area (Å²) >= 11 is 0. The van der Waals surface area contributed by atoms with Crippen molar-refractivity contribution in [3.8, 4) is 22.8 Å². The summed E-state index contributed by atoms with van der Waals surface area (Å²) in [6.07, 6.45) is 9.37. The van der Waals surface area contributed by atoms with E-state index in [0.717, 1.165) is 48.4 Å². The first kappa shape index (κ1) is 24.4. The number of carbonyl (C=O) groups excluding carboxylic acids is 1. The van der Waals surface area contributed by atoms with Gasteiger partial charge in [-0.3, -0.25) is 9.48 Å². The number of fused-ring (bicyclic) bond motifs is 1. The van der Waals surface area contributed by atoms with Gasteiger partial charge in [0.15, 0.2) is 5.82 Å². The van der Waals surface area contributed by atoms with Gasteiger partial charge in [0.05, 0.1) is 55.8 Å². The van der Waals surface area contributed by atoms with Gasteiger partial charge in [-0.25, -0.2) is 14.1 Å². The van der Waals surface area contributed by atoms with E-state index in [1.54, 1.807) is 10.9 Å². The standard InChI is InChI=1S/C26H33FN6O3/c1-4-6-22(17-11-24(34)31(5-2)15-17)32-16-18(13-29-32)25-20-7-9-36-10-8-23(20)33(30-25)19-12-21(27)26(35-3)28-14-19/h12-14,16-17,22H,4-11,15H2,1-3H3. The second-order valence-corrected chi connectivity index (χ2v) is 9.44. The molecule has 192 valence electrons. The lowest BCUT2D eigenvalue weighted by molar-refractivity contribution is -0.127. The minimum atomic E-state index is -0.534. The van der Waals surface area contributed by atoms with Crippen LogP contribution in [0.4, 0.5) is 4.39 Å². The molecular formula is C26H33FN6O3. The van der Waals surface area contributed by atoms with Gasteiger partial charge in [0.2, 0.25) is 11.8 Å². The Kier molecular flexibility index (Phi) is 7.04. The van der Waals surface area contributed by atoms with E-state index in [4.69, 9.17) is 19.7 Å². The van der Waals surface area contributed by atoms with Gasteiger partial charge in [-0.2, -0.15) is 10.2 Å². The maximum atomic E-state index is 14.5. The van der Waals surface area contributed by atoms with E-state index in [2.05, 4.69) is 11.9 Å². The maximum Gasteiger partial charge on any atom is 0.250 e. The Morgan fingerprint density at radius 2 is 2.08 bits per heavy atom. The van der Waals surface area contributed by atoms with Gasteiger partial charge < -0.3 is 14.4 Å². The molecule has 5 rings (SSSR count). The molecule has 0 saturated carbocycles. The quantitative estimate of drug-likeness (QED) is 0.474. The highest BCUT2D eigenvalue weighted by Gasteiger charge is 2.35. The van der Waals surface area contributed by atoms with Crippen molar-refractivity contribution in [1.82, 2.24) is 29.4 Å². The van der Waals surface area contributed by atoms with Gasteiger partial charge in [0.25, 0.3) is 0 Å². The topological polar surface area (TPSA) is 87.3 Å². The molecule has 10 heteroatoms. The Bertz CT molecular complexity index is 1240. The summed E-state index contributed by atoms with van der Waals surface area (Å²) < 4.78 is 29.0. The van der Waals surface area contributed by atoms with Crippen LogP contribution in [0.25, 0.3) is 16.9 Å². The molecule has 1 saturated heterocycles. The van der Waals surface area contributed by atoms with Crippen LogP contribution in [-0.4, -0.2) is 68.8 Å². The molecule has 2 aliphatic heterocycles. The molecule has 2 aliphatic rings. The molecule has 9 nitrogen and oxygen atoms in total. The lowest BCUT2D eigenvalue weighted by atomic mass is 9.95. The Balaban J connectivity index is 1.52. The van der Waals surface area contributed by atoms with Gasteiger partial charge in [-0.05, 0) is 19.8 Å². The van der Waals surface area contributed by atoms with E-state index < -0.39 is 5.82 Å². The molecule has 0 spiro atoms. The van der Waals surface area contributed by atoms with E-state index >= 15 is 0 Å². The van der Waals surface area contributed by atoms with Crippen molar-refractivity contribution < 1.29 is 18.7 Å². The summed E-state index contributed by atoms with van der Waals surface area (Å²) in [7, 11) is 1.39. The summed E-state index contributed by atoms with van der Waals surface area (Å²) in [6.45, 7) is 6.88. The van der Waals surface area contributed by atoms with E-state index in [1.165, 1.54) is 13.2 Å². The number of pyridine rings is 1. The van der Waals surface area contributed by atoms with Gasteiger partial charge in [-0.1, -0.05) is 13.3 Å². The summed E-state index contributed by atoms with van der Waals surface area (Å²) in [6, 6.07) is 1.54. The highest BCUT2D eigenvalue weighted by molar-refractivity contribution is 5.78. The monoisotopic (exact) mass is 496 g/mol.